The molecule has 7 heteroatoms. The van der Waals surface area contributed by atoms with Gasteiger partial charge in [0.1, 0.15) is 24.5 Å². The first-order valence-electron chi connectivity index (χ1n) is 7.65. The van der Waals surface area contributed by atoms with Crippen LogP contribution in [-0.2, 0) is 20.9 Å². The van der Waals surface area contributed by atoms with E-state index in [1.807, 2.05) is 0 Å². The van der Waals surface area contributed by atoms with E-state index < -0.39 is 12.0 Å². The van der Waals surface area contributed by atoms with Gasteiger partial charge >= 0.3 is 5.97 Å². The number of rotatable bonds is 6. The monoisotopic (exact) mass is 325 g/mol. The maximum absolute atomic E-state index is 14.1. The molecule has 2 rings (SSSR count). The van der Waals surface area contributed by atoms with Crippen LogP contribution in [0.4, 0.5) is 4.39 Å². The summed E-state index contributed by atoms with van der Waals surface area (Å²) in [6, 6.07) is 4.08. The van der Waals surface area contributed by atoms with Crippen LogP contribution < -0.4 is 15.0 Å². The second-order valence-corrected chi connectivity index (χ2v) is 5.40. The Labute approximate surface area is 134 Å². The summed E-state index contributed by atoms with van der Waals surface area (Å²) < 4.78 is 24.0. The smallest absolute Gasteiger partial charge is 0.312 e. The molecule has 2 atom stereocenters. The number of carbonyl (C=O) groups excluding carboxylic acids is 2. The first-order chi connectivity index (χ1) is 11.0. The van der Waals surface area contributed by atoms with Gasteiger partial charge in [-0.25, -0.2) is 4.39 Å². The van der Waals surface area contributed by atoms with E-state index in [0.717, 1.165) is 4.90 Å². The minimum atomic E-state index is -0.565. The number of ether oxygens (including phenoxy) is 2. The number of piperazine rings is 1. The zero-order valence-corrected chi connectivity index (χ0v) is 13.4. The van der Waals surface area contributed by atoms with Crippen molar-refractivity contribution in [1.29, 1.82) is 0 Å². The highest BCUT2D eigenvalue weighted by Crippen LogP contribution is 2.15. The quantitative estimate of drug-likeness (QED) is 0.703. The van der Waals surface area contributed by atoms with Gasteiger partial charge in [-0.05, 0) is 19.1 Å². The van der Waals surface area contributed by atoms with Gasteiger partial charge < -0.3 is 19.7 Å². The highest BCUT2D eigenvalue weighted by molar-refractivity contribution is 5.85. The molecule has 2 N–H and O–H groups in total. The minimum Gasteiger partial charge on any atom is -0.497 e. The third kappa shape index (κ3) is 4.41. The lowest BCUT2D eigenvalue weighted by atomic mass is 10.1. The van der Waals surface area contributed by atoms with Gasteiger partial charge in [0.2, 0.25) is 0 Å². The van der Waals surface area contributed by atoms with Crippen molar-refractivity contribution >= 4 is 11.9 Å². The van der Waals surface area contributed by atoms with Crippen molar-refractivity contribution in [2.75, 3.05) is 26.8 Å². The maximum Gasteiger partial charge on any atom is 0.312 e. The zero-order chi connectivity index (χ0) is 16.8. The predicted octanol–water partition coefficient (Wildman–Crippen LogP) is -0.329. The molecule has 1 amide bonds. The Morgan fingerprint density at radius 1 is 1.48 bits per heavy atom. The van der Waals surface area contributed by atoms with Gasteiger partial charge in [-0.2, -0.15) is 0 Å². The number of amides is 1. The lowest BCUT2D eigenvalue weighted by Crippen LogP contribution is -3.18. The molecule has 1 unspecified atom stereocenters. The molecule has 6 nitrogen and oxygen atoms in total. The molecule has 1 saturated heterocycles. The molecule has 1 aromatic rings. The Hall–Kier alpha value is -2.15. The number of halogens is 1. The van der Waals surface area contributed by atoms with Crippen LogP contribution in [0.1, 0.15) is 18.9 Å². The molecule has 1 fully saturated rings. The Balaban J connectivity index is 2.11. The molecule has 1 aromatic carbocycles. The van der Waals surface area contributed by atoms with E-state index in [2.05, 4.69) is 5.32 Å². The summed E-state index contributed by atoms with van der Waals surface area (Å²) in [4.78, 5) is 24.6. The Kier molecular flexibility index (Phi) is 5.92. The van der Waals surface area contributed by atoms with Crippen molar-refractivity contribution in [1.82, 2.24) is 5.32 Å². The van der Waals surface area contributed by atoms with E-state index in [9.17, 15) is 14.0 Å². The predicted molar refractivity (Wildman–Crippen MR) is 80.5 cm³/mol. The molecule has 0 aromatic heterocycles. The topological polar surface area (TPSA) is 69.1 Å². The Bertz CT molecular complexity index is 579. The zero-order valence-electron chi connectivity index (χ0n) is 13.4. The number of quaternary nitrogens is 1. The number of hydrogen-bond acceptors (Lipinski definition) is 4. The van der Waals surface area contributed by atoms with Crippen LogP contribution in [-0.4, -0.2) is 44.7 Å². The Morgan fingerprint density at radius 3 is 2.91 bits per heavy atom. The van der Waals surface area contributed by atoms with E-state index >= 15 is 0 Å². The number of benzene rings is 1. The minimum absolute atomic E-state index is 0.00716. The van der Waals surface area contributed by atoms with Crippen molar-refractivity contribution in [3.05, 3.63) is 29.6 Å². The van der Waals surface area contributed by atoms with Gasteiger partial charge in [-0.1, -0.05) is 0 Å². The van der Waals surface area contributed by atoms with E-state index in [1.54, 1.807) is 19.1 Å². The fourth-order valence-corrected chi connectivity index (χ4v) is 2.71. The highest BCUT2D eigenvalue weighted by atomic mass is 19.1. The van der Waals surface area contributed by atoms with Crippen molar-refractivity contribution < 1.29 is 28.4 Å². The van der Waals surface area contributed by atoms with Crippen LogP contribution in [0.3, 0.4) is 0 Å². The van der Waals surface area contributed by atoms with E-state index in [4.69, 9.17) is 9.47 Å². The van der Waals surface area contributed by atoms with Crippen molar-refractivity contribution in [3.8, 4) is 5.75 Å². The van der Waals surface area contributed by atoms with Crippen LogP contribution in [0, 0.1) is 5.82 Å². The summed E-state index contributed by atoms with van der Waals surface area (Å²) in [6.07, 6.45) is -0.00716. The standard InChI is InChI=1S/C16H21FN2O4/c1-3-23-15(20)9-14-16(21)18-6-7-19(14)10-11-4-5-12(22-2)8-13(11)17/h4-5,8,14H,3,6-7,9-10H2,1-2H3,(H,18,21)/p+1/t14-/m1/s1. The van der Waals surface area contributed by atoms with Gasteiger partial charge in [0.25, 0.3) is 5.91 Å². The molecule has 23 heavy (non-hydrogen) atoms. The van der Waals surface area contributed by atoms with E-state index in [-0.39, 0.29) is 24.8 Å². The summed E-state index contributed by atoms with van der Waals surface area (Å²) in [5, 5.41) is 2.75. The molecule has 0 saturated carbocycles. The maximum atomic E-state index is 14.1. The van der Waals surface area contributed by atoms with Crippen molar-refractivity contribution in [2.24, 2.45) is 0 Å². The molecule has 0 bridgehead atoms. The molecule has 0 aliphatic carbocycles. The fraction of sp³-hybridized carbons (Fsp3) is 0.500. The van der Waals surface area contributed by atoms with Gasteiger partial charge in [0, 0.05) is 11.6 Å². The van der Waals surface area contributed by atoms with Crippen LogP contribution in [0.15, 0.2) is 18.2 Å². The van der Waals surface area contributed by atoms with E-state index in [1.165, 1.54) is 13.2 Å². The van der Waals surface area contributed by atoms with Gasteiger partial charge in [0.05, 0.1) is 26.8 Å². The largest absolute Gasteiger partial charge is 0.497 e. The van der Waals surface area contributed by atoms with Crippen LogP contribution in [0.25, 0.3) is 0 Å². The van der Waals surface area contributed by atoms with Crippen LogP contribution in [0.5, 0.6) is 5.75 Å². The molecule has 1 aliphatic heterocycles. The van der Waals surface area contributed by atoms with Crippen LogP contribution in [0.2, 0.25) is 0 Å². The number of esters is 1. The van der Waals surface area contributed by atoms with E-state index in [0.29, 0.717) is 30.9 Å². The molecular formula is C16H22FN2O4+. The molecule has 1 heterocycles. The Morgan fingerprint density at radius 2 is 2.26 bits per heavy atom. The average molecular weight is 325 g/mol. The summed E-state index contributed by atoms with van der Waals surface area (Å²) in [5.74, 6) is -0.547. The summed E-state index contributed by atoms with van der Waals surface area (Å²) in [7, 11) is 1.48. The van der Waals surface area contributed by atoms with Crippen molar-refractivity contribution in [3.63, 3.8) is 0 Å². The molecular weight excluding hydrogens is 303 g/mol. The normalized spacial score (nSPS) is 20.7. The summed E-state index contributed by atoms with van der Waals surface area (Å²) in [6.45, 7) is 3.45. The molecule has 126 valence electrons. The van der Waals surface area contributed by atoms with Gasteiger partial charge in [0.15, 0.2) is 6.04 Å². The first kappa shape index (κ1) is 17.2. The van der Waals surface area contributed by atoms with Crippen LogP contribution >= 0.6 is 0 Å². The lowest BCUT2D eigenvalue weighted by molar-refractivity contribution is -0.930. The number of methoxy groups -OCH3 is 1. The molecule has 1 aliphatic rings. The molecule has 0 spiro atoms. The average Bonchev–Trinajstić information content (AvgIpc) is 2.52. The SMILES string of the molecule is CCOC(=O)C[C@@H]1C(=O)NCC[NH+]1Cc1ccc(OC)cc1F. The summed E-state index contributed by atoms with van der Waals surface area (Å²) >= 11 is 0. The highest BCUT2D eigenvalue weighted by Gasteiger charge is 2.36. The third-order valence-electron chi connectivity index (χ3n) is 3.91. The first-order valence-corrected chi connectivity index (χ1v) is 7.65. The second-order valence-electron chi connectivity index (χ2n) is 5.40. The lowest BCUT2D eigenvalue weighted by Gasteiger charge is -2.31. The number of hydrogen-bond donors (Lipinski definition) is 2. The molecule has 0 radical (unpaired) electrons. The second kappa shape index (κ2) is 7.92. The number of nitrogens with one attached hydrogen (secondary N) is 2. The van der Waals surface area contributed by atoms with Gasteiger partial charge in [-0.3, -0.25) is 9.59 Å². The third-order valence-corrected chi connectivity index (χ3v) is 3.91. The van der Waals surface area contributed by atoms with Gasteiger partial charge in [-0.15, -0.1) is 0 Å². The fourth-order valence-electron chi connectivity index (χ4n) is 2.71. The summed E-state index contributed by atoms with van der Waals surface area (Å²) in [5.41, 5.74) is 0.490. The van der Waals surface area contributed by atoms with Crippen molar-refractivity contribution in [2.45, 2.75) is 25.9 Å². The number of carbonyl (C=O) groups is 2.